The van der Waals surface area contributed by atoms with Gasteiger partial charge in [0.15, 0.2) is 0 Å². The molecule has 6 aromatic rings. The van der Waals surface area contributed by atoms with Crippen LogP contribution >= 0.6 is 0 Å². The number of fused-ring (bicyclic) bond motifs is 3. The Labute approximate surface area is 277 Å². The van der Waals surface area contributed by atoms with Crippen LogP contribution in [0.1, 0.15) is 17.5 Å². The van der Waals surface area contributed by atoms with Crippen LogP contribution in [0.25, 0.3) is 33.1 Å². The summed E-state index contributed by atoms with van der Waals surface area (Å²) in [4.78, 5) is 51.6. The van der Waals surface area contributed by atoms with Crippen molar-refractivity contribution < 1.29 is 55.2 Å². The maximum absolute atomic E-state index is 8.25. The van der Waals surface area contributed by atoms with E-state index in [4.69, 9.17) is 60.9 Å². The van der Waals surface area contributed by atoms with Crippen molar-refractivity contribution in [1.82, 2.24) is 34.8 Å². The summed E-state index contributed by atoms with van der Waals surface area (Å²) in [6.45, 7) is 1.97. The van der Waals surface area contributed by atoms with Crippen LogP contribution in [-0.2, 0) is 19.6 Å². The number of aromatic amines is 3. The Balaban J connectivity index is 0.000000449. The Morgan fingerprint density at radius 2 is 0.727 bits per heavy atom. The summed E-state index contributed by atoms with van der Waals surface area (Å²) < 4.78 is 0. The quantitative estimate of drug-likeness (QED) is 0.161. The first-order valence-electron chi connectivity index (χ1n) is 12.0. The molecule has 19 nitrogen and oxygen atoms in total. The number of hydrogen-bond donors (Lipinski definition) is 3. The van der Waals surface area contributed by atoms with Crippen molar-refractivity contribution in [3.8, 4) is 0 Å². The maximum Gasteiger partial charge on any atom is 3.00 e. The molecular weight excluding hydrogens is 730 g/mol. The van der Waals surface area contributed by atoms with Crippen LogP contribution in [0.15, 0.2) is 72.8 Å². The minimum absolute atomic E-state index is 0. The summed E-state index contributed by atoms with van der Waals surface area (Å²) in [6, 6.07) is 24.3. The fourth-order valence-electron chi connectivity index (χ4n) is 4.04. The Morgan fingerprint density at radius 1 is 0.500 bits per heavy atom. The van der Waals surface area contributed by atoms with E-state index in [9.17, 15) is 0 Å². The largest absolute Gasteiger partial charge is 3.00 e. The second-order valence-electron chi connectivity index (χ2n) is 8.42. The van der Waals surface area contributed by atoms with Crippen LogP contribution in [-0.4, -0.2) is 50.1 Å². The zero-order valence-electron chi connectivity index (χ0n) is 22.2. The SMILES string of the molecule is O=[N+]([O-])[O-].O=[N+]([O-])[O-].O=[N+]([O-])[O-].[Gd+3].c1ccc2[nH]c(CN(Cc3nc4ccccc4[nH]3)Cc3nc4ccccc4[nH]3)nc2c1. The molecule has 0 aliphatic rings. The molecule has 44 heavy (non-hydrogen) atoms. The number of hydrogen-bond acceptors (Lipinski definition) is 13. The molecule has 0 atom stereocenters. The van der Waals surface area contributed by atoms with Crippen LogP contribution in [0.4, 0.5) is 0 Å². The molecular formula is C24H21GdN10O9. The van der Waals surface area contributed by atoms with Gasteiger partial charge in [-0.05, 0) is 36.4 Å². The van der Waals surface area contributed by atoms with Crippen LogP contribution in [0.3, 0.4) is 0 Å². The number of benzene rings is 3. The van der Waals surface area contributed by atoms with Gasteiger partial charge in [-0.2, -0.15) is 0 Å². The van der Waals surface area contributed by atoms with Crippen molar-refractivity contribution in [3.05, 3.63) is 136 Å². The van der Waals surface area contributed by atoms with Gasteiger partial charge in [-0.1, -0.05) is 36.4 Å². The smallest absolute Gasteiger partial charge is 0.356 e. The van der Waals surface area contributed by atoms with Crippen LogP contribution in [0, 0.1) is 85.9 Å². The summed E-state index contributed by atoms with van der Waals surface area (Å²) in [5, 5.41) is 44.2. The van der Waals surface area contributed by atoms with E-state index < -0.39 is 15.3 Å². The third-order valence-electron chi connectivity index (χ3n) is 5.44. The Morgan fingerprint density at radius 3 is 0.955 bits per heavy atom. The van der Waals surface area contributed by atoms with Crippen molar-refractivity contribution in [2.75, 3.05) is 0 Å². The molecule has 3 aromatic carbocycles. The second-order valence-corrected chi connectivity index (χ2v) is 8.42. The van der Waals surface area contributed by atoms with E-state index in [1.807, 2.05) is 54.6 Å². The number of rotatable bonds is 6. The normalized spacial score (nSPS) is 10.0. The molecule has 229 valence electrons. The van der Waals surface area contributed by atoms with Crippen molar-refractivity contribution >= 4 is 33.1 Å². The summed E-state index contributed by atoms with van der Waals surface area (Å²) in [6.07, 6.45) is 0. The molecule has 3 aromatic heterocycles. The number of para-hydroxylation sites is 6. The molecule has 0 spiro atoms. The molecule has 3 heterocycles. The first-order valence-corrected chi connectivity index (χ1v) is 12.0. The number of aromatic nitrogens is 6. The van der Waals surface area contributed by atoms with Gasteiger partial charge >= 0.3 is 39.9 Å². The predicted molar refractivity (Wildman–Crippen MR) is 152 cm³/mol. The van der Waals surface area contributed by atoms with E-state index >= 15 is 0 Å². The van der Waals surface area contributed by atoms with Gasteiger partial charge in [-0.15, -0.1) is 0 Å². The summed E-state index contributed by atoms with van der Waals surface area (Å²) in [7, 11) is 0. The van der Waals surface area contributed by atoms with Crippen LogP contribution in [0.2, 0.25) is 0 Å². The standard InChI is InChI=1S/C24H21N7.Gd.3NO3/c1-2-8-17-16(7-1)25-22(26-17)13-31(14-23-27-18-9-3-4-10-19(18)28-23)15-24-29-20-11-5-6-12-21(20)30-24;;3*2-1(3)4/h1-12H,13-15H2,(H,25,26)(H,27,28)(H,29,30);;;;/q;+3;3*-1. The minimum Gasteiger partial charge on any atom is -0.356 e. The molecule has 3 N–H and O–H groups in total. The molecule has 0 bridgehead atoms. The fourth-order valence-corrected chi connectivity index (χ4v) is 4.04. The Hall–Kier alpha value is -5.05. The molecule has 0 unspecified atom stereocenters. The van der Waals surface area contributed by atoms with E-state index in [0.29, 0.717) is 19.6 Å². The molecule has 0 aliphatic heterocycles. The number of nitrogens with one attached hydrogen (secondary N) is 3. The molecule has 20 heteroatoms. The molecule has 0 saturated heterocycles. The van der Waals surface area contributed by atoms with Crippen molar-refractivity contribution in [3.63, 3.8) is 0 Å². The zero-order chi connectivity index (χ0) is 31.4. The first-order chi connectivity index (χ1) is 20.5. The van der Waals surface area contributed by atoms with Crippen molar-refractivity contribution in [2.45, 2.75) is 19.6 Å². The monoisotopic (exact) mass is 751 g/mol. The molecule has 6 rings (SSSR count). The Bertz CT molecular complexity index is 1500. The van der Waals surface area contributed by atoms with Gasteiger partial charge in [0.25, 0.3) is 0 Å². The average molecular weight is 751 g/mol. The van der Waals surface area contributed by atoms with Crippen molar-refractivity contribution in [1.29, 1.82) is 0 Å². The zero-order valence-corrected chi connectivity index (χ0v) is 24.5. The molecule has 1 radical (unpaired) electrons. The van der Waals surface area contributed by atoms with Gasteiger partial charge in [0.1, 0.15) is 17.5 Å². The number of imidazole rings is 3. The van der Waals surface area contributed by atoms with Gasteiger partial charge in [0.05, 0.1) is 68.0 Å². The van der Waals surface area contributed by atoms with E-state index in [0.717, 1.165) is 50.6 Å². The van der Waals surface area contributed by atoms with E-state index in [2.05, 4.69) is 38.1 Å². The first kappa shape index (κ1) is 35.2. The van der Waals surface area contributed by atoms with E-state index in [-0.39, 0.29) is 39.9 Å². The van der Waals surface area contributed by atoms with E-state index in [1.54, 1.807) is 0 Å². The van der Waals surface area contributed by atoms with Crippen molar-refractivity contribution in [2.24, 2.45) is 0 Å². The van der Waals surface area contributed by atoms with Gasteiger partial charge in [-0.25, -0.2) is 15.0 Å². The number of H-pyrrole nitrogens is 3. The van der Waals surface area contributed by atoms with Gasteiger partial charge in [-0.3, -0.25) is 4.90 Å². The third-order valence-corrected chi connectivity index (χ3v) is 5.44. The Kier molecular flexibility index (Phi) is 13.7. The molecule has 0 amide bonds. The second kappa shape index (κ2) is 17.2. The van der Waals surface area contributed by atoms with Gasteiger partial charge < -0.3 is 60.9 Å². The third kappa shape index (κ3) is 11.7. The maximum atomic E-state index is 8.25. The van der Waals surface area contributed by atoms with Crippen LogP contribution < -0.4 is 0 Å². The van der Waals surface area contributed by atoms with Crippen LogP contribution in [0.5, 0.6) is 0 Å². The summed E-state index contributed by atoms with van der Waals surface area (Å²) in [5.74, 6) is 2.77. The van der Waals surface area contributed by atoms with Gasteiger partial charge in [0.2, 0.25) is 0 Å². The van der Waals surface area contributed by atoms with Gasteiger partial charge in [0, 0.05) is 0 Å². The predicted octanol–water partition coefficient (Wildman–Crippen LogP) is 3.80. The topological polar surface area (TPSA) is 288 Å². The average Bonchev–Trinajstić information content (AvgIpc) is 3.62. The fraction of sp³-hybridized carbons (Fsp3) is 0.125. The molecule has 0 fully saturated rings. The molecule has 0 saturated carbocycles. The minimum atomic E-state index is -1.75. The number of nitrogens with zero attached hydrogens (tertiary/aromatic N) is 7. The summed E-state index contributed by atoms with van der Waals surface area (Å²) in [5.41, 5.74) is 6.07. The summed E-state index contributed by atoms with van der Waals surface area (Å²) >= 11 is 0. The van der Waals surface area contributed by atoms with E-state index in [1.165, 1.54) is 0 Å². The molecule has 0 aliphatic carbocycles.